The van der Waals surface area contributed by atoms with Crippen molar-refractivity contribution in [1.82, 2.24) is 14.8 Å². The molecule has 8 heteroatoms. The molecule has 7 nitrogen and oxygen atoms in total. The maximum Gasteiger partial charge on any atom is 0.313 e. The van der Waals surface area contributed by atoms with Gasteiger partial charge in [0.15, 0.2) is 5.16 Å². The van der Waals surface area contributed by atoms with Gasteiger partial charge in [-0.05, 0) is 5.92 Å². The summed E-state index contributed by atoms with van der Waals surface area (Å²) in [4.78, 5) is 10.5. The second-order valence-corrected chi connectivity index (χ2v) is 5.09. The normalized spacial score (nSPS) is 11.1. The van der Waals surface area contributed by atoms with Gasteiger partial charge in [-0.15, -0.1) is 10.2 Å². The molecule has 0 aliphatic rings. The van der Waals surface area contributed by atoms with Gasteiger partial charge in [-0.3, -0.25) is 9.36 Å². The lowest BCUT2D eigenvalue weighted by Crippen LogP contribution is -2.12. The number of ether oxygens (including phenoxy) is 1. The summed E-state index contributed by atoms with van der Waals surface area (Å²) in [6.07, 6.45) is 0. The largest absolute Gasteiger partial charge is 0.481 e. The van der Waals surface area contributed by atoms with Crippen molar-refractivity contribution in [3.8, 4) is 0 Å². The second kappa shape index (κ2) is 7.22. The standard InChI is InChI=1S/C10H18N4O3S/c1-7(2)5-17-4-3-14-9(11)12-13-10(14)18-6-8(15)16/h7H,3-6H2,1-2H3,(H2,11,12)(H,15,16). The van der Waals surface area contributed by atoms with E-state index in [9.17, 15) is 4.79 Å². The highest BCUT2D eigenvalue weighted by atomic mass is 32.2. The number of hydrogen-bond acceptors (Lipinski definition) is 6. The molecule has 0 aliphatic heterocycles. The van der Waals surface area contributed by atoms with Crippen molar-refractivity contribution in [2.75, 3.05) is 24.7 Å². The molecule has 102 valence electrons. The van der Waals surface area contributed by atoms with Crippen molar-refractivity contribution in [3.05, 3.63) is 0 Å². The zero-order valence-corrected chi connectivity index (χ0v) is 11.3. The van der Waals surface area contributed by atoms with Gasteiger partial charge in [-0.2, -0.15) is 0 Å². The number of aliphatic carboxylic acids is 1. The number of carboxylic acids is 1. The first-order valence-corrected chi connectivity index (χ1v) is 6.60. The molecule has 0 saturated carbocycles. The van der Waals surface area contributed by atoms with Crippen LogP contribution in [0.4, 0.5) is 5.95 Å². The monoisotopic (exact) mass is 274 g/mol. The molecule has 0 aromatic carbocycles. The molecule has 18 heavy (non-hydrogen) atoms. The van der Waals surface area contributed by atoms with Crippen molar-refractivity contribution in [1.29, 1.82) is 0 Å². The van der Waals surface area contributed by atoms with Gasteiger partial charge in [0.05, 0.1) is 18.9 Å². The first kappa shape index (κ1) is 14.8. The lowest BCUT2D eigenvalue weighted by Gasteiger charge is -2.09. The number of carboxylic acid groups (broad SMARTS) is 1. The van der Waals surface area contributed by atoms with Crippen LogP contribution < -0.4 is 5.73 Å². The molecule has 0 saturated heterocycles. The lowest BCUT2D eigenvalue weighted by atomic mass is 10.2. The Balaban J connectivity index is 2.47. The zero-order valence-electron chi connectivity index (χ0n) is 10.5. The summed E-state index contributed by atoms with van der Waals surface area (Å²) in [6, 6.07) is 0. The summed E-state index contributed by atoms with van der Waals surface area (Å²) in [5.41, 5.74) is 5.66. The molecule has 0 aliphatic carbocycles. The van der Waals surface area contributed by atoms with Crippen LogP contribution in [0.3, 0.4) is 0 Å². The summed E-state index contributed by atoms with van der Waals surface area (Å²) in [7, 11) is 0. The Morgan fingerprint density at radius 1 is 1.56 bits per heavy atom. The maximum atomic E-state index is 10.5. The van der Waals surface area contributed by atoms with Crippen LogP contribution in [0.1, 0.15) is 13.8 Å². The Hall–Kier alpha value is -1.28. The smallest absolute Gasteiger partial charge is 0.313 e. The van der Waals surface area contributed by atoms with E-state index in [1.54, 1.807) is 4.57 Å². The van der Waals surface area contributed by atoms with Crippen molar-refractivity contribution >= 4 is 23.7 Å². The number of thioether (sulfide) groups is 1. The number of nitrogen functional groups attached to an aromatic ring is 1. The minimum atomic E-state index is -0.899. The number of hydrogen-bond donors (Lipinski definition) is 2. The number of rotatable bonds is 8. The van der Waals surface area contributed by atoms with Crippen LogP contribution in [0.25, 0.3) is 0 Å². The molecular formula is C10H18N4O3S. The van der Waals surface area contributed by atoms with Gasteiger partial charge in [0, 0.05) is 6.61 Å². The average Bonchev–Trinajstić information content (AvgIpc) is 2.63. The molecule has 0 unspecified atom stereocenters. The van der Waals surface area contributed by atoms with Gasteiger partial charge in [0.2, 0.25) is 5.95 Å². The molecule has 1 rings (SSSR count). The molecule has 1 aromatic heterocycles. The third-order valence-electron chi connectivity index (χ3n) is 1.98. The predicted octanol–water partition coefficient (Wildman–Crippen LogP) is 0.710. The van der Waals surface area contributed by atoms with Crippen LogP contribution >= 0.6 is 11.8 Å². The van der Waals surface area contributed by atoms with Crippen molar-refractivity contribution in [2.24, 2.45) is 5.92 Å². The Labute approximate surface area is 110 Å². The van der Waals surface area contributed by atoms with Crippen LogP contribution in [0.15, 0.2) is 5.16 Å². The number of nitrogens with two attached hydrogens (primary N) is 1. The van der Waals surface area contributed by atoms with Crippen LogP contribution in [0.2, 0.25) is 0 Å². The molecule has 1 heterocycles. The fourth-order valence-corrected chi connectivity index (χ4v) is 1.91. The van der Waals surface area contributed by atoms with Gasteiger partial charge < -0.3 is 15.6 Å². The summed E-state index contributed by atoms with van der Waals surface area (Å²) in [6.45, 7) is 5.84. The Bertz CT molecular complexity index is 394. The highest BCUT2D eigenvalue weighted by Crippen LogP contribution is 2.17. The molecule has 0 spiro atoms. The highest BCUT2D eigenvalue weighted by molar-refractivity contribution is 7.99. The van der Waals surface area contributed by atoms with E-state index in [0.29, 0.717) is 30.8 Å². The molecular weight excluding hydrogens is 256 g/mol. The minimum absolute atomic E-state index is 0.0645. The highest BCUT2D eigenvalue weighted by Gasteiger charge is 2.11. The molecule has 0 bridgehead atoms. The summed E-state index contributed by atoms with van der Waals surface area (Å²) in [5.74, 6) is -0.213. The van der Waals surface area contributed by atoms with Crippen molar-refractivity contribution in [3.63, 3.8) is 0 Å². The Kier molecular flexibility index (Phi) is 5.93. The van der Waals surface area contributed by atoms with Crippen LogP contribution in [-0.2, 0) is 16.1 Å². The van der Waals surface area contributed by atoms with Gasteiger partial charge in [-0.1, -0.05) is 25.6 Å². The topological polar surface area (TPSA) is 103 Å². The van der Waals surface area contributed by atoms with Crippen molar-refractivity contribution < 1.29 is 14.6 Å². The number of carbonyl (C=O) groups is 1. The van der Waals surface area contributed by atoms with E-state index in [0.717, 1.165) is 11.8 Å². The van der Waals surface area contributed by atoms with Crippen LogP contribution in [0.5, 0.6) is 0 Å². The molecule has 3 N–H and O–H groups in total. The molecule has 0 fully saturated rings. The fourth-order valence-electron chi connectivity index (χ4n) is 1.22. The number of anilines is 1. The first-order valence-electron chi connectivity index (χ1n) is 5.61. The van der Waals surface area contributed by atoms with E-state index < -0.39 is 5.97 Å². The number of aromatic nitrogens is 3. The third-order valence-corrected chi connectivity index (χ3v) is 2.93. The predicted molar refractivity (Wildman–Crippen MR) is 68.5 cm³/mol. The average molecular weight is 274 g/mol. The molecule has 1 aromatic rings. The van der Waals surface area contributed by atoms with Crippen molar-refractivity contribution in [2.45, 2.75) is 25.5 Å². The third kappa shape index (κ3) is 4.92. The summed E-state index contributed by atoms with van der Waals surface area (Å²) in [5, 5.41) is 16.7. The molecule has 0 radical (unpaired) electrons. The maximum absolute atomic E-state index is 10.5. The second-order valence-electron chi connectivity index (χ2n) is 4.14. The van der Waals surface area contributed by atoms with Crippen LogP contribution in [0, 0.1) is 5.92 Å². The minimum Gasteiger partial charge on any atom is -0.481 e. The number of nitrogens with zero attached hydrogens (tertiary/aromatic N) is 3. The van der Waals surface area contributed by atoms with Gasteiger partial charge in [0.1, 0.15) is 0 Å². The first-order chi connectivity index (χ1) is 8.50. The quantitative estimate of drug-likeness (QED) is 0.531. The van der Waals surface area contributed by atoms with E-state index >= 15 is 0 Å². The van der Waals surface area contributed by atoms with E-state index in [1.807, 2.05) is 0 Å². The van der Waals surface area contributed by atoms with Gasteiger partial charge in [0.25, 0.3) is 0 Å². The molecule has 0 amide bonds. The molecule has 0 atom stereocenters. The van der Waals surface area contributed by atoms with E-state index in [1.165, 1.54) is 0 Å². The summed E-state index contributed by atoms with van der Waals surface area (Å²) < 4.78 is 7.11. The van der Waals surface area contributed by atoms with E-state index in [2.05, 4.69) is 24.0 Å². The van der Waals surface area contributed by atoms with E-state index in [-0.39, 0.29) is 11.7 Å². The lowest BCUT2D eigenvalue weighted by molar-refractivity contribution is -0.133. The zero-order chi connectivity index (χ0) is 13.5. The Morgan fingerprint density at radius 2 is 2.28 bits per heavy atom. The Morgan fingerprint density at radius 3 is 2.89 bits per heavy atom. The SMILES string of the molecule is CC(C)COCCn1c(N)nnc1SCC(=O)O. The van der Waals surface area contributed by atoms with Crippen LogP contribution in [-0.4, -0.2) is 44.8 Å². The fraction of sp³-hybridized carbons (Fsp3) is 0.700. The van der Waals surface area contributed by atoms with Gasteiger partial charge >= 0.3 is 5.97 Å². The van der Waals surface area contributed by atoms with Gasteiger partial charge in [-0.25, -0.2) is 0 Å². The van der Waals surface area contributed by atoms with E-state index in [4.69, 9.17) is 15.6 Å². The summed E-state index contributed by atoms with van der Waals surface area (Å²) >= 11 is 1.09.